The van der Waals surface area contributed by atoms with Crippen molar-refractivity contribution < 1.29 is 9.66 Å². The first-order valence-corrected chi connectivity index (χ1v) is 10.7. The van der Waals surface area contributed by atoms with E-state index in [1.165, 1.54) is 31.4 Å². The predicted octanol–water partition coefficient (Wildman–Crippen LogP) is 3.81. The molecule has 1 N–H and O–H groups in total. The van der Waals surface area contributed by atoms with Crippen LogP contribution in [0.25, 0.3) is 11.4 Å². The van der Waals surface area contributed by atoms with Crippen molar-refractivity contribution in [2.75, 3.05) is 38.2 Å². The van der Waals surface area contributed by atoms with Gasteiger partial charge in [0.1, 0.15) is 5.82 Å². The van der Waals surface area contributed by atoms with Crippen molar-refractivity contribution >= 4 is 11.5 Å². The van der Waals surface area contributed by atoms with E-state index in [1.54, 1.807) is 12.1 Å². The lowest BCUT2D eigenvalue weighted by atomic mass is 9.86. The van der Waals surface area contributed by atoms with Crippen LogP contribution in [0.4, 0.5) is 11.5 Å². The number of hydrogen-bond acceptors (Lipinski definition) is 7. The Morgan fingerprint density at radius 2 is 1.83 bits per heavy atom. The molecule has 0 atom stereocenters. The van der Waals surface area contributed by atoms with Crippen molar-refractivity contribution in [2.45, 2.75) is 44.6 Å². The van der Waals surface area contributed by atoms with Crippen LogP contribution in [-0.2, 0) is 4.74 Å². The Labute approximate surface area is 176 Å². The van der Waals surface area contributed by atoms with Gasteiger partial charge in [0.15, 0.2) is 5.82 Å². The number of non-ortho nitro benzene ring substituents is 1. The Bertz CT molecular complexity index is 875. The van der Waals surface area contributed by atoms with Gasteiger partial charge in [0, 0.05) is 54.8 Å². The Kier molecular flexibility index (Phi) is 6.24. The smallest absolute Gasteiger partial charge is 0.269 e. The van der Waals surface area contributed by atoms with Gasteiger partial charge in [0.25, 0.3) is 5.69 Å². The minimum absolute atomic E-state index is 0.0627. The number of aromatic nitrogens is 2. The second kappa shape index (κ2) is 9.06. The molecule has 2 aromatic rings. The van der Waals surface area contributed by atoms with Gasteiger partial charge in [-0.1, -0.05) is 6.42 Å². The number of nitrogens with zero attached hydrogens (tertiary/aromatic N) is 4. The number of rotatable bonds is 6. The first-order chi connectivity index (χ1) is 14.6. The molecule has 0 radical (unpaired) electrons. The minimum Gasteiger partial charge on any atom is -0.381 e. The van der Waals surface area contributed by atoms with Crippen molar-refractivity contribution in [3.8, 4) is 11.4 Å². The largest absolute Gasteiger partial charge is 0.381 e. The average molecular weight is 412 g/mol. The van der Waals surface area contributed by atoms with Gasteiger partial charge in [-0.25, -0.2) is 9.97 Å². The Balaban J connectivity index is 1.53. The molecule has 1 aromatic carbocycles. The van der Waals surface area contributed by atoms with Crippen LogP contribution >= 0.6 is 0 Å². The number of likely N-dealkylation sites (tertiary alicyclic amines) is 1. The molecule has 160 valence electrons. The van der Waals surface area contributed by atoms with Crippen molar-refractivity contribution in [1.82, 2.24) is 14.9 Å². The topological polar surface area (TPSA) is 93.4 Å². The number of nitro groups is 1. The van der Waals surface area contributed by atoms with E-state index >= 15 is 0 Å². The molecule has 2 saturated heterocycles. The van der Waals surface area contributed by atoms with Crippen molar-refractivity contribution in [1.29, 1.82) is 0 Å². The molecule has 3 heterocycles. The van der Waals surface area contributed by atoms with Crippen molar-refractivity contribution in [3.63, 3.8) is 0 Å². The molecule has 4 rings (SSSR count). The summed E-state index contributed by atoms with van der Waals surface area (Å²) in [5, 5.41) is 14.5. The quantitative estimate of drug-likeness (QED) is 0.571. The molecule has 8 heteroatoms. The normalized spacial score (nSPS) is 19.4. The molecule has 0 bridgehead atoms. The molecule has 1 aromatic heterocycles. The monoisotopic (exact) mass is 411 g/mol. The summed E-state index contributed by atoms with van der Waals surface area (Å²) in [6.07, 6.45) is 5.90. The number of ether oxygens (including phenoxy) is 1. The first-order valence-electron chi connectivity index (χ1n) is 10.7. The Hall–Kier alpha value is -2.58. The SMILES string of the molecule is Cc1cc(NCC2(N3CCCCC3)CCOCC2)nc(-c2ccc([N+](=O)[O-])cc2)n1. The maximum atomic E-state index is 10.9. The Morgan fingerprint density at radius 1 is 1.13 bits per heavy atom. The summed E-state index contributed by atoms with van der Waals surface area (Å²) < 4.78 is 5.66. The van der Waals surface area contributed by atoms with Crippen LogP contribution in [0, 0.1) is 17.0 Å². The molecule has 0 aliphatic carbocycles. The number of nitro benzene ring substituents is 1. The molecule has 0 saturated carbocycles. The highest BCUT2D eigenvalue weighted by atomic mass is 16.6. The van der Waals surface area contributed by atoms with Gasteiger partial charge < -0.3 is 10.1 Å². The van der Waals surface area contributed by atoms with Crippen LogP contribution in [-0.4, -0.2) is 58.2 Å². The second-order valence-electron chi connectivity index (χ2n) is 8.26. The molecule has 30 heavy (non-hydrogen) atoms. The number of piperidine rings is 1. The third-order valence-corrected chi connectivity index (χ3v) is 6.24. The third-order valence-electron chi connectivity index (χ3n) is 6.24. The lowest BCUT2D eigenvalue weighted by Crippen LogP contribution is -2.57. The lowest BCUT2D eigenvalue weighted by Gasteiger charge is -2.48. The average Bonchev–Trinajstić information content (AvgIpc) is 2.79. The van der Waals surface area contributed by atoms with Crippen LogP contribution in [0.5, 0.6) is 0 Å². The summed E-state index contributed by atoms with van der Waals surface area (Å²) in [5.74, 6) is 1.37. The lowest BCUT2D eigenvalue weighted by molar-refractivity contribution is -0.384. The highest BCUT2D eigenvalue weighted by molar-refractivity contribution is 5.59. The standard InChI is InChI=1S/C22H29N5O3/c1-17-15-20(25-21(24-17)18-5-7-19(8-6-18)27(28)29)23-16-22(9-13-30-14-10-22)26-11-3-2-4-12-26/h5-8,15H,2-4,9-14,16H2,1H3,(H,23,24,25). The molecular formula is C22H29N5O3. The van der Waals surface area contributed by atoms with E-state index in [4.69, 9.17) is 9.72 Å². The summed E-state index contributed by atoms with van der Waals surface area (Å²) in [4.78, 5) is 22.4. The first kappa shape index (κ1) is 20.7. The molecule has 0 amide bonds. The highest BCUT2D eigenvalue weighted by Crippen LogP contribution is 2.31. The number of benzene rings is 1. The van der Waals surface area contributed by atoms with Crippen LogP contribution < -0.4 is 5.32 Å². The summed E-state index contributed by atoms with van der Waals surface area (Å²) in [6, 6.07) is 8.33. The van der Waals surface area contributed by atoms with E-state index in [9.17, 15) is 10.1 Å². The van der Waals surface area contributed by atoms with Crippen LogP contribution in [0.3, 0.4) is 0 Å². The highest BCUT2D eigenvalue weighted by Gasteiger charge is 2.38. The zero-order valence-corrected chi connectivity index (χ0v) is 17.5. The summed E-state index contributed by atoms with van der Waals surface area (Å²) in [5.41, 5.74) is 1.79. The fourth-order valence-electron chi connectivity index (χ4n) is 4.50. The maximum Gasteiger partial charge on any atom is 0.269 e. The van der Waals surface area contributed by atoms with E-state index < -0.39 is 4.92 Å². The number of nitrogens with one attached hydrogen (secondary N) is 1. The van der Waals surface area contributed by atoms with E-state index in [1.807, 2.05) is 13.0 Å². The van der Waals surface area contributed by atoms with E-state index in [0.717, 1.165) is 62.8 Å². The molecule has 2 aliphatic heterocycles. The van der Waals surface area contributed by atoms with Gasteiger partial charge in [-0.15, -0.1) is 0 Å². The van der Waals surface area contributed by atoms with Gasteiger partial charge >= 0.3 is 0 Å². The minimum atomic E-state index is -0.401. The van der Waals surface area contributed by atoms with Gasteiger partial charge in [0.2, 0.25) is 0 Å². The van der Waals surface area contributed by atoms with E-state index in [-0.39, 0.29) is 11.2 Å². The molecular weight excluding hydrogens is 382 g/mol. The van der Waals surface area contributed by atoms with Crippen LogP contribution in [0.2, 0.25) is 0 Å². The van der Waals surface area contributed by atoms with Gasteiger partial charge in [-0.05, 0) is 57.8 Å². The molecule has 2 fully saturated rings. The molecule has 0 unspecified atom stereocenters. The fourth-order valence-corrected chi connectivity index (χ4v) is 4.50. The zero-order valence-electron chi connectivity index (χ0n) is 17.5. The fraction of sp³-hybridized carbons (Fsp3) is 0.545. The molecule has 0 spiro atoms. The summed E-state index contributed by atoms with van der Waals surface area (Å²) in [7, 11) is 0. The van der Waals surface area contributed by atoms with E-state index in [0.29, 0.717) is 5.82 Å². The maximum absolute atomic E-state index is 10.9. The number of aryl methyl sites for hydroxylation is 1. The molecule has 8 nitrogen and oxygen atoms in total. The Morgan fingerprint density at radius 3 is 2.50 bits per heavy atom. The number of anilines is 1. The van der Waals surface area contributed by atoms with Gasteiger partial charge in [-0.2, -0.15) is 0 Å². The molecule has 2 aliphatic rings. The summed E-state index contributed by atoms with van der Waals surface area (Å²) in [6.45, 7) is 6.67. The predicted molar refractivity (Wildman–Crippen MR) is 116 cm³/mol. The zero-order chi connectivity index (χ0) is 21.0. The van der Waals surface area contributed by atoms with Crippen molar-refractivity contribution in [2.24, 2.45) is 0 Å². The third kappa shape index (κ3) is 4.60. The van der Waals surface area contributed by atoms with Crippen LogP contribution in [0.15, 0.2) is 30.3 Å². The summed E-state index contributed by atoms with van der Waals surface area (Å²) >= 11 is 0. The van der Waals surface area contributed by atoms with Gasteiger partial charge in [0.05, 0.1) is 4.92 Å². The van der Waals surface area contributed by atoms with Crippen molar-refractivity contribution in [3.05, 3.63) is 46.1 Å². The van der Waals surface area contributed by atoms with Crippen LogP contribution in [0.1, 0.15) is 37.8 Å². The second-order valence-corrected chi connectivity index (χ2v) is 8.26. The van der Waals surface area contributed by atoms with Gasteiger partial charge in [-0.3, -0.25) is 15.0 Å². The van der Waals surface area contributed by atoms with E-state index in [2.05, 4.69) is 15.2 Å². The number of hydrogen-bond donors (Lipinski definition) is 1.